The Morgan fingerprint density at radius 2 is 2.00 bits per heavy atom. The van der Waals surface area contributed by atoms with Gasteiger partial charge in [0.15, 0.2) is 0 Å². The van der Waals surface area contributed by atoms with Crippen LogP contribution in [0.2, 0.25) is 0 Å². The van der Waals surface area contributed by atoms with Gasteiger partial charge in [0, 0.05) is 4.88 Å². The van der Waals surface area contributed by atoms with Crippen molar-refractivity contribution in [2.45, 2.75) is 60.0 Å². The Morgan fingerprint density at radius 3 is 2.47 bits per heavy atom. The molecule has 0 amide bonds. The van der Waals surface area contributed by atoms with E-state index in [-0.39, 0.29) is 5.97 Å². The minimum Gasteiger partial charge on any atom is -0.456 e. The van der Waals surface area contributed by atoms with Gasteiger partial charge >= 0.3 is 5.97 Å². The van der Waals surface area contributed by atoms with Crippen molar-refractivity contribution >= 4 is 22.3 Å². The molecule has 1 aromatic heterocycles. The van der Waals surface area contributed by atoms with Crippen molar-refractivity contribution in [3.05, 3.63) is 16.0 Å². The summed E-state index contributed by atoms with van der Waals surface area (Å²) >= 11 is 1.48. The third kappa shape index (κ3) is 4.23. The number of carbonyl (C=O) groups is 1. The highest BCUT2D eigenvalue weighted by Gasteiger charge is 2.26. The van der Waals surface area contributed by atoms with Crippen molar-refractivity contribution in [2.75, 3.05) is 5.73 Å². The molecule has 0 spiro atoms. The zero-order valence-corrected chi connectivity index (χ0v) is 13.6. The predicted molar refractivity (Wildman–Crippen MR) is 81.8 cm³/mol. The summed E-state index contributed by atoms with van der Waals surface area (Å²) < 4.78 is 5.46. The Bertz CT molecular complexity index is 457. The second-order valence-corrected chi connectivity index (χ2v) is 7.35. The molecule has 108 valence electrons. The first-order valence-electron chi connectivity index (χ1n) is 6.76. The van der Waals surface area contributed by atoms with E-state index in [2.05, 4.69) is 13.8 Å². The SMILES string of the molecule is CCC(C)Cc1c(C)sc(N)c1C(=O)OC(C)(C)C. The fourth-order valence-electron chi connectivity index (χ4n) is 1.89. The molecule has 0 saturated heterocycles. The standard InChI is InChI=1S/C15H25NO2S/c1-7-9(2)8-11-10(3)19-13(16)12(11)14(17)18-15(4,5)6/h9H,7-8,16H2,1-6H3. The van der Waals surface area contributed by atoms with Crippen molar-refractivity contribution in [2.24, 2.45) is 5.92 Å². The topological polar surface area (TPSA) is 52.3 Å². The maximum Gasteiger partial charge on any atom is 0.341 e. The van der Waals surface area contributed by atoms with E-state index in [0.29, 0.717) is 16.5 Å². The first-order valence-corrected chi connectivity index (χ1v) is 7.58. The van der Waals surface area contributed by atoms with Gasteiger partial charge in [-0.1, -0.05) is 20.3 Å². The van der Waals surface area contributed by atoms with Crippen LogP contribution in [0.5, 0.6) is 0 Å². The van der Waals surface area contributed by atoms with Crippen molar-refractivity contribution in [3.63, 3.8) is 0 Å². The van der Waals surface area contributed by atoms with E-state index in [9.17, 15) is 4.79 Å². The summed E-state index contributed by atoms with van der Waals surface area (Å²) in [5.41, 5.74) is 7.15. The van der Waals surface area contributed by atoms with E-state index in [4.69, 9.17) is 10.5 Å². The summed E-state index contributed by atoms with van der Waals surface area (Å²) in [6.07, 6.45) is 1.97. The number of nitrogens with two attached hydrogens (primary N) is 1. The van der Waals surface area contributed by atoms with Crippen LogP contribution in [0.3, 0.4) is 0 Å². The van der Waals surface area contributed by atoms with Crippen molar-refractivity contribution in [3.8, 4) is 0 Å². The molecule has 0 radical (unpaired) electrons. The second-order valence-electron chi connectivity index (χ2n) is 6.10. The van der Waals surface area contributed by atoms with Gasteiger partial charge in [-0.05, 0) is 45.6 Å². The number of rotatable bonds is 4. The Balaban J connectivity index is 3.09. The largest absolute Gasteiger partial charge is 0.456 e. The molecule has 0 saturated carbocycles. The fraction of sp³-hybridized carbons (Fsp3) is 0.667. The van der Waals surface area contributed by atoms with Crippen LogP contribution in [0.15, 0.2) is 0 Å². The van der Waals surface area contributed by atoms with E-state index in [1.54, 1.807) is 0 Å². The number of anilines is 1. The van der Waals surface area contributed by atoms with E-state index >= 15 is 0 Å². The van der Waals surface area contributed by atoms with Gasteiger partial charge in [0.2, 0.25) is 0 Å². The van der Waals surface area contributed by atoms with Crippen LogP contribution < -0.4 is 5.73 Å². The van der Waals surface area contributed by atoms with Crippen LogP contribution in [0, 0.1) is 12.8 Å². The Labute approximate surface area is 120 Å². The molecule has 1 aromatic rings. The molecule has 4 heteroatoms. The van der Waals surface area contributed by atoms with Gasteiger partial charge in [0.05, 0.1) is 5.56 Å². The Morgan fingerprint density at radius 1 is 1.42 bits per heavy atom. The molecule has 0 aliphatic heterocycles. The summed E-state index contributed by atoms with van der Waals surface area (Å²) in [5, 5.41) is 0.574. The highest BCUT2D eigenvalue weighted by Crippen LogP contribution is 2.34. The van der Waals surface area contributed by atoms with Crippen LogP contribution in [0.1, 0.15) is 61.8 Å². The molecular weight excluding hydrogens is 258 g/mol. The second kappa shape index (κ2) is 5.95. The van der Waals surface area contributed by atoms with E-state index < -0.39 is 5.60 Å². The molecule has 0 aromatic carbocycles. The van der Waals surface area contributed by atoms with E-state index in [0.717, 1.165) is 23.3 Å². The molecular formula is C15H25NO2S. The van der Waals surface area contributed by atoms with Gasteiger partial charge in [-0.2, -0.15) is 0 Å². The fourth-order valence-corrected chi connectivity index (χ4v) is 2.84. The summed E-state index contributed by atoms with van der Waals surface area (Å²) in [6.45, 7) is 12.0. The van der Waals surface area contributed by atoms with Gasteiger partial charge in [-0.15, -0.1) is 11.3 Å². The maximum absolute atomic E-state index is 12.3. The monoisotopic (exact) mass is 283 g/mol. The normalized spacial score (nSPS) is 13.4. The van der Waals surface area contributed by atoms with Crippen molar-refractivity contribution in [1.82, 2.24) is 0 Å². The summed E-state index contributed by atoms with van der Waals surface area (Å²) in [4.78, 5) is 13.4. The third-order valence-corrected chi connectivity index (χ3v) is 4.07. The minimum atomic E-state index is -0.493. The molecule has 1 rings (SSSR count). The van der Waals surface area contributed by atoms with Gasteiger partial charge in [0.25, 0.3) is 0 Å². The van der Waals surface area contributed by atoms with Crippen molar-refractivity contribution < 1.29 is 9.53 Å². The first kappa shape index (κ1) is 16.0. The Kier molecular flexibility index (Phi) is 5.02. The number of esters is 1. The first-order chi connectivity index (χ1) is 8.65. The van der Waals surface area contributed by atoms with Gasteiger partial charge in [0.1, 0.15) is 10.6 Å². The number of carbonyl (C=O) groups excluding carboxylic acids is 1. The lowest BCUT2D eigenvalue weighted by Gasteiger charge is -2.20. The molecule has 0 fully saturated rings. The predicted octanol–water partition coefficient (Wildman–Crippen LogP) is 4.18. The van der Waals surface area contributed by atoms with Crippen LogP contribution >= 0.6 is 11.3 Å². The summed E-state index contributed by atoms with van der Waals surface area (Å²) in [6, 6.07) is 0. The minimum absolute atomic E-state index is 0.298. The van der Waals surface area contributed by atoms with Crippen molar-refractivity contribution in [1.29, 1.82) is 0 Å². The van der Waals surface area contributed by atoms with Crippen LogP contribution in [0.4, 0.5) is 5.00 Å². The number of ether oxygens (including phenoxy) is 1. The molecule has 3 nitrogen and oxygen atoms in total. The quantitative estimate of drug-likeness (QED) is 0.843. The van der Waals surface area contributed by atoms with Gasteiger partial charge in [-0.25, -0.2) is 4.79 Å². The average Bonchev–Trinajstić information content (AvgIpc) is 2.51. The lowest BCUT2D eigenvalue weighted by molar-refractivity contribution is 0.00699. The van der Waals surface area contributed by atoms with Crippen LogP contribution in [0.25, 0.3) is 0 Å². The number of aryl methyl sites for hydroxylation is 1. The lowest BCUT2D eigenvalue weighted by atomic mass is 9.96. The molecule has 1 heterocycles. The number of thiophene rings is 1. The molecule has 2 N–H and O–H groups in total. The molecule has 19 heavy (non-hydrogen) atoms. The number of hydrogen-bond donors (Lipinski definition) is 1. The zero-order valence-electron chi connectivity index (χ0n) is 12.8. The highest BCUT2D eigenvalue weighted by molar-refractivity contribution is 7.16. The maximum atomic E-state index is 12.3. The zero-order chi connectivity index (χ0) is 14.8. The molecule has 1 unspecified atom stereocenters. The number of nitrogen functional groups attached to an aromatic ring is 1. The summed E-state index contributed by atoms with van der Waals surface area (Å²) in [7, 11) is 0. The van der Waals surface area contributed by atoms with Crippen LogP contribution in [-0.2, 0) is 11.2 Å². The third-order valence-electron chi connectivity index (χ3n) is 3.09. The van der Waals surface area contributed by atoms with E-state index in [1.807, 2.05) is 27.7 Å². The average molecular weight is 283 g/mol. The molecule has 0 aliphatic carbocycles. The summed E-state index contributed by atoms with van der Waals surface area (Å²) in [5.74, 6) is 0.238. The highest BCUT2D eigenvalue weighted by atomic mass is 32.1. The van der Waals surface area contributed by atoms with Gasteiger partial charge in [-0.3, -0.25) is 0 Å². The molecule has 0 bridgehead atoms. The smallest absolute Gasteiger partial charge is 0.341 e. The Hall–Kier alpha value is -1.03. The van der Waals surface area contributed by atoms with Gasteiger partial charge < -0.3 is 10.5 Å². The lowest BCUT2D eigenvalue weighted by Crippen LogP contribution is -2.25. The molecule has 1 atom stereocenters. The van der Waals surface area contributed by atoms with E-state index in [1.165, 1.54) is 11.3 Å². The van der Waals surface area contributed by atoms with Crippen LogP contribution in [-0.4, -0.2) is 11.6 Å². The number of hydrogen-bond acceptors (Lipinski definition) is 4. The molecule has 0 aliphatic rings.